The van der Waals surface area contributed by atoms with Crippen molar-refractivity contribution in [2.75, 3.05) is 19.5 Å². The van der Waals surface area contributed by atoms with E-state index in [4.69, 9.17) is 21.1 Å². The highest BCUT2D eigenvalue weighted by atomic mass is 35.5. The van der Waals surface area contributed by atoms with E-state index in [-0.39, 0.29) is 5.56 Å². The molecule has 0 spiro atoms. The highest BCUT2D eigenvalue weighted by Crippen LogP contribution is 2.17. The summed E-state index contributed by atoms with van der Waals surface area (Å²) in [6, 6.07) is 8.77. The van der Waals surface area contributed by atoms with Gasteiger partial charge in [-0.1, -0.05) is 23.4 Å². The molecule has 0 aliphatic rings. The third-order valence-electron chi connectivity index (χ3n) is 2.93. The number of benzene rings is 1. The Labute approximate surface area is 144 Å². The molecule has 0 saturated carbocycles. The normalized spacial score (nSPS) is 10.7. The molecule has 0 aliphatic carbocycles. The van der Waals surface area contributed by atoms with Gasteiger partial charge in [-0.3, -0.25) is 4.79 Å². The van der Waals surface area contributed by atoms with Crippen molar-refractivity contribution in [3.8, 4) is 5.75 Å². The molecule has 0 atom stereocenters. The van der Waals surface area contributed by atoms with Crippen LogP contribution in [0.4, 0.5) is 0 Å². The molecule has 23 heavy (non-hydrogen) atoms. The smallest absolute Gasteiger partial charge is 0.251 e. The molecular weight excluding hydrogens is 336 g/mol. The Balaban J connectivity index is 1.67. The molecule has 2 rings (SSSR count). The van der Waals surface area contributed by atoms with Gasteiger partial charge in [-0.15, -0.1) is 0 Å². The summed E-state index contributed by atoms with van der Waals surface area (Å²) in [4.78, 5) is 18.6. The summed E-state index contributed by atoms with van der Waals surface area (Å²) in [6.07, 6.45) is 1.90. The van der Waals surface area contributed by atoms with E-state index >= 15 is 0 Å². The molecular formula is C16H19ClN2O3S. The number of methoxy groups -OCH3 is 1. The van der Waals surface area contributed by atoms with E-state index in [0.29, 0.717) is 29.1 Å². The number of H-pyrrole nitrogens is 1. The molecule has 0 fully saturated rings. The van der Waals surface area contributed by atoms with Crippen LogP contribution in [0.25, 0.3) is 0 Å². The summed E-state index contributed by atoms with van der Waals surface area (Å²) in [7, 11) is 1.58. The van der Waals surface area contributed by atoms with E-state index in [1.165, 1.54) is 17.8 Å². The third kappa shape index (κ3) is 6.64. The molecule has 1 heterocycles. The van der Waals surface area contributed by atoms with Crippen LogP contribution < -0.4 is 10.3 Å². The van der Waals surface area contributed by atoms with Crippen molar-refractivity contribution in [1.29, 1.82) is 0 Å². The van der Waals surface area contributed by atoms with Gasteiger partial charge in [0, 0.05) is 24.0 Å². The molecule has 2 aromatic rings. The minimum absolute atomic E-state index is 0.152. The predicted octanol–water partition coefficient (Wildman–Crippen LogP) is 3.52. The lowest BCUT2D eigenvalue weighted by molar-refractivity contribution is 0.180. The lowest BCUT2D eigenvalue weighted by Crippen LogP contribution is -2.10. The first-order chi connectivity index (χ1) is 11.2. The summed E-state index contributed by atoms with van der Waals surface area (Å²) < 4.78 is 10.6. The summed E-state index contributed by atoms with van der Waals surface area (Å²) in [5.41, 5.74) is 0.491. The lowest BCUT2D eigenvalue weighted by atomic mass is 10.3. The third-order valence-corrected chi connectivity index (χ3v) is 4.14. The molecule has 1 N–H and O–H groups in total. The SMILES string of the molecule is COCc1cc(=O)[nH]c(SCCCCOc2ccc(Cl)cc2)n1. The van der Waals surface area contributed by atoms with E-state index < -0.39 is 0 Å². The van der Waals surface area contributed by atoms with Crippen molar-refractivity contribution in [2.24, 2.45) is 0 Å². The van der Waals surface area contributed by atoms with Gasteiger partial charge in [0.25, 0.3) is 5.56 Å². The summed E-state index contributed by atoms with van der Waals surface area (Å²) >= 11 is 7.34. The Bertz CT molecular complexity index is 661. The van der Waals surface area contributed by atoms with Crippen LogP contribution in [0.3, 0.4) is 0 Å². The zero-order valence-electron chi connectivity index (χ0n) is 12.9. The molecule has 5 nitrogen and oxygen atoms in total. The number of hydrogen-bond donors (Lipinski definition) is 1. The molecule has 0 unspecified atom stereocenters. The summed E-state index contributed by atoms with van der Waals surface area (Å²) in [6.45, 7) is 0.988. The highest BCUT2D eigenvalue weighted by molar-refractivity contribution is 7.99. The van der Waals surface area contributed by atoms with Crippen molar-refractivity contribution in [3.05, 3.63) is 51.4 Å². The Hall–Kier alpha value is -1.50. The molecule has 1 aromatic heterocycles. The van der Waals surface area contributed by atoms with Crippen LogP contribution in [0.2, 0.25) is 5.02 Å². The number of hydrogen-bond acceptors (Lipinski definition) is 5. The van der Waals surface area contributed by atoms with E-state index in [1.807, 2.05) is 24.3 Å². The van der Waals surface area contributed by atoms with Crippen LogP contribution >= 0.6 is 23.4 Å². The number of nitrogens with zero attached hydrogens (tertiary/aromatic N) is 1. The minimum Gasteiger partial charge on any atom is -0.494 e. The lowest BCUT2D eigenvalue weighted by Gasteiger charge is -2.06. The standard InChI is InChI=1S/C16H19ClN2O3S/c1-21-11-13-10-15(20)19-16(18-13)23-9-3-2-8-22-14-6-4-12(17)5-7-14/h4-7,10H,2-3,8-9,11H2,1H3,(H,18,19,20). The number of thioether (sulfide) groups is 1. The number of aromatic nitrogens is 2. The van der Waals surface area contributed by atoms with Gasteiger partial charge in [-0.2, -0.15) is 0 Å². The largest absolute Gasteiger partial charge is 0.494 e. The summed E-state index contributed by atoms with van der Waals surface area (Å²) in [5.74, 6) is 1.68. The Morgan fingerprint density at radius 1 is 1.26 bits per heavy atom. The number of rotatable bonds is 9. The fourth-order valence-electron chi connectivity index (χ4n) is 1.87. The van der Waals surface area contributed by atoms with E-state index in [1.54, 1.807) is 7.11 Å². The van der Waals surface area contributed by atoms with Gasteiger partial charge in [0.1, 0.15) is 5.75 Å². The van der Waals surface area contributed by atoms with Crippen molar-refractivity contribution >= 4 is 23.4 Å². The topological polar surface area (TPSA) is 64.2 Å². The Morgan fingerprint density at radius 3 is 2.78 bits per heavy atom. The predicted molar refractivity (Wildman–Crippen MR) is 92.5 cm³/mol. The highest BCUT2D eigenvalue weighted by Gasteiger charge is 2.02. The molecule has 0 aliphatic heterocycles. The Kier molecular flexibility index (Phi) is 7.45. The monoisotopic (exact) mass is 354 g/mol. The minimum atomic E-state index is -0.152. The van der Waals surface area contributed by atoms with Crippen molar-refractivity contribution in [1.82, 2.24) is 9.97 Å². The van der Waals surface area contributed by atoms with Gasteiger partial charge >= 0.3 is 0 Å². The van der Waals surface area contributed by atoms with Gasteiger partial charge in [-0.05, 0) is 37.1 Å². The maximum atomic E-state index is 11.5. The fourth-order valence-corrected chi connectivity index (χ4v) is 2.89. The average Bonchev–Trinajstić information content (AvgIpc) is 2.52. The van der Waals surface area contributed by atoms with Crippen LogP contribution in [0.5, 0.6) is 5.75 Å². The van der Waals surface area contributed by atoms with Gasteiger partial charge in [0.15, 0.2) is 5.16 Å². The first-order valence-electron chi connectivity index (χ1n) is 7.28. The van der Waals surface area contributed by atoms with Crippen LogP contribution in [0.1, 0.15) is 18.5 Å². The van der Waals surface area contributed by atoms with Gasteiger partial charge in [0.2, 0.25) is 0 Å². The van der Waals surface area contributed by atoms with E-state index in [0.717, 1.165) is 24.3 Å². The zero-order valence-corrected chi connectivity index (χ0v) is 14.5. The maximum absolute atomic E-state index is 11.5. The van der Waals surface area contributed by atoms with Crippen LogP contribution in [-0.4, -0.2) is 29.4 Å². The summed E-state index contributed by atoms with van der Waals surface area (Å²) in [5, 5.41) is 1.33. The van der Waals surface area contributed by atoms with Gasteiger partial charge in [0.05, 0.1) is 18.9 Å². The molecule has 124 valence electrons. The van der Waals surface area contributed by atoms with Crippen molar-refractivity contribution < 1.29 is 9.47 Å². The van der Waals surface area contributed by atoms with E-state index in [2.05, 4.69) is 9.97 Å². The molecule has 7 heteroatoms. The van der Waals surface area contributed by atoms with Gasteiger partial charge in [-0.25, -0.2) is 4.98 Å². The van der Waals surface area contributed by atoms with Crippen molar-refractivity contribution in [3.63, 3.8) is 0 Å². The molecule has 1 aromatic carbocycles. The first-order valence-corrected chi connectivity index (χ1v) is 8.64. The van der Waals surface area contributed by atoms with Crippen molar-refractivity contribution in [2.45, 2.75) is 24.6 Å². The number of ether oxygens (including phenoxy) is 2. The zero-order chi connectivity index (χ0) is 16.5. The molecule has 0 amide bonds. The number of unbranched alkanes of at least 4 members (excludes halogenated alkanes) is 1. The molecule has 0 radical (unpaired) electrons. The Morgan fingerprint density at radius 2 is 2.04 bits per heavy atom. The first kappa shape index (κ1) is 17.8. The second-order valence-corrected chi connectivity index (χ2v) is 6.35. The molecule has 0 bridgehead atoms. The second-order valence-electron chi connectivity index (χ2n) is 4.83. The van der Waals surface area contributed by atoms with Crippen LogP contribution in [0.15, 0.2) is 40.3 Å². The average molecular weight is 355 g/mol. The van der Waals surface area contributed by atoms with Crippen LogP contribution in [-0.2, 0) is 11.3 Å². The number of aromatic amines is 1. The van der Waals surface area contributed by atoms with Gasteiger partial charge < -0.3 is 14.5 Å². The van der Waals surface area contributed by atoms with Crippen LogP contribution in [0, 0.1) is 0 Å². The number of nitrogens with one attached hydrogen (secondary N) is 1. The number of halogens is 1. The second kappa shape index (κ2) is 9.60. The fraction of sp³-hybridized carbons (Fsp3) is 0.375. The quantitative estimate of drug-likeness (QED) is 0.424. The maximum Gasteiger partial charge on any atom is 0.251 e. The molecule has 0 saturated heterocycles. The van der Waals surface area contributed by atoms with E-state index in [9.17, 15) is 4.79 Å².